The Morgan fingerprint density at radius 2 is 1.80 bits per heavy atom. The van der Waals surface area contributed by atoms with Crippen molar-refractivity contribution < 1.29 is 43.9 Å². The third-order valence-corrected chi connectivity index (χ3v) is 12.0. The maximum Gasteiger partial charge on any atom is 0.306 e. The first-order valence-electron chi connectivity index (χ1n) is 16.8. The lowest BCUT2D eigenvalue weighted by atomic mass is 9.59. The summed E-state index contributed by atoms with van der Waals surface area (Å²) in [6.45, 7) is 14.0. The Morgan fingerprint density at radius 1 is 1.13 bits per heavy atom. The minimum absolute atomic E-state index is 0.0379. The minimum atomic E-state index is -1.98. The van der Waals surface area contributed by atoms with E-state index in [0.29, 0.717) is 43.4 Å². The van der Waals surface area contributed by atoms with Gasteiger partial charge in [-0.3, -0.25) is 14.4 Å². The Morgan fingerprint density at radius 3 is 2.37 bits per heavy atom. The van der Waals surface area contributed by atoms with Crippen molar-refractivity contribution in [1.82, 2.24) is 5.06 Å². The van der Waals surface area contributed by atoms with Gasteiger partial charge in [0.25, 0.3) is 0 Å². The number of aliphatic hydroxyl groups excluding tert-OH is 1. The topological polar surface area (TPSA) is 166 Å². The summed E-state index contributed by atoms with van der Waals surface area (Å²) >= 11 is 0. The van der Waals surface area contributed by atoms with Crippen LogP contribution in [0.2, 0.25) is 0 Å². The number of carbonyl (C=O) groups excluding carboxylic acids is 3. The first kappa shape index (κ1) is 35.2. The highest BCUT2D eigenvalue weighted by molar-refractivity contribution is 6.04. The summed E-state index contributed by atoms with van der Waals surface area (Å²) in [4.78, 5) is 39.5. The molecule has 3 N–H and O–H groups in total. The number of Topliss-reactive ketones (excluding diaryl/α,β-unsaturated/α-hetero) is 1. The molecule has 3 fully saturated rings. The van der Waals surface area contributed by atoms with Gasteiger partial charge in [0.2, 0.25) is 0 Å². The molecule has 0 amide bonds. The number of hydroxylamine groups is 2. The van der Waals surface area contributed by atoms with Crippen LogP contribution in [0.25, 0.3) is 0 Å². The number of carbonyl (C=O) groups is 3. The number of nitrogens with zero attached hydrogens (tertiary/aromatic N) is 1. The fraction of sp³-hybridized carbons (Fsp3) is 0.800. The predicted octanol–water partition coefficient (Wildman–Crippen LogP) is 3.72. The van der Waals surface area contributed by atoms with Crippen LogP contribution in [0.15, 0.2) is 23.3 Å². The first-order chi connectivity index (χ1) is 21.3. The van der Waals surface area contributed by atoms with Crippen LogP contribution in [0.3, 0.4) is 0 Å². The lowest BCUT2D eigenvalue weighted by molar-refractivity contribution is -0.228. The van der Waals surface area contributed by atoms with Crippen molar-refractivity contribution in [3.05, 3.63) is 28.5 Å². The van der Waals surface area contributed by atoms with Gasteiger partial charge in [0.1, 0.15) is 17.4 Å². The number of rotatable bonds is 10. The number of unbranched alkanes of at least 4 members (excludes halogenated alkanes) is 1. The molecule has 5 rings (SSSR count). The molecule has 1 aliphatic heterocycles. The van der Waals surface area contributed by atoms with Gasteiger partial charge >= 0.3 is 11.9 Å². The van der Waals surface area contributed by atoms with Crippen molar-refractivity contribution in [2.24, 2.45) is 29.1 Å². The number of hydrogen-bond acceptors (Lipinski definition) is 11. The summed E-state index contributed by atoms with van der Waals surface area (Å²) in [5.74, 6) is -4.77. The summed E-state index contributed by atoms with van der Waals surface area (Å²) < 4.78 is 18.3. The molecule has 11 nitrogen and oxygen atoms in total. The van der Waals surface area contributed by atoms with E-state index < -0.39 is 87.6 Å². The minimum Gasteiger partial charge on any atom is -0.783 e. The Labute approximate surface area is 271 Å². The largest absolute Gasteiger partial charge is 0.783 e. The van der Waals surface area contributed by atoms with E-state index in [-0.39, 0.29) is 12.8 Å². The second-order valence-corrected chi connectivity index (χ2v) is 15.7. The summed E-state index contributed by atoms with van der Waals surface area (Å²) in [5.41, 5.74) is -6.61. The van der Waals surface area contributed by atoms with Gasteiger partial charge in [0, 0.05) is 54.4 Å². The molecule has 2 saturated carbocycles. The maximum atomic E-state index is 13.5. The Hall–Kier alpha value is -2.15. The molecular formula is C35H52NO10-. The standard InChI is InChI=1S/C35H52NO10/c1-9-13-32(36(43)30(5,6)19-44-32)14-11-10-12-26(39)45-29-21(3)34(42)24(27-31(7,8)35(27,29)46-22(4)38)16-23(18-37)17-33(41)25(34)15-20(2)28(33)40/h15-16,21,24-25,27,29,37,41-42H,9-14,17-19H2,1-8H3/q-1/t21-,24+,25-,27-,29-,32?,33-,34-,35-/m1/s1. The number of fused-ring (bicyclic) bond motifs is 5. The normalized spacial score (nSPS) is 42.3. The highest BCUT2D eigenvalue weighted by Crippen LogP contribution is 2.77. The van der Waals surface area contributed by atoms with Gasteiger partial charge in [0.05, 0.1) is 18.8 Å². The fourth-order valence-corrected chi connectivity index (χ4v) is 9.78. The van der Waals surface area contributed by atoms with E-state index in [0.717, 1.165) is 11.5 Å². The van der Waals surface area contributed by atoms with Crippen LogP contribution in [0.4, 0.5) is 0 Å². The third kappa shape index (κ3) is 4.86. The van der Waals surface area contributed by atoms with Crippen molar-refractivity contribution in [1.29, 1.82) is 0 Å². The summed E-state index contributed by atoms with van der Waals surface area (Å²) in [5, 5.41) is 49.1. The van der Waals surface area contributed by atoms with E-state index in [1.165, 1.54) is 6.92 Å². The summed E-state index contributed by atoms with van der Waals surface area (Å²) in [6.07, 6.45) is 4.96. The molecule has 1 heterocycles. The number of aliphatic hydroxyl groups is 3. The molecule has 0 aromatic heterocycles. The van der Waals surface area contributed by atoms with E-state index in [9.17, 15) is 34.9 Å². The highest BCUT2D eigenvalue weighted by Gasteiger charge is 2.87. The number of ketones is 1. The maximum absolute atomic E-state index is 13.5. The molecule has 11 heteroatoms. The van der Waals surface area contributed by atoms with Crippen LogP contribution in [-0.2, 0) is 28.6 Å². The molecule has 0 bridgehead atoms. The van der Waals surface area contributed by atoms with Crippen molar-refractivity contribution in [2.45, 2.75) is 135 Å². The highest BCUT2D eigenvalue weighted by atomic mass is 16.6. The zero-order valence-electron chi connectivity index (χ0n) is 28.6. The summed E-state index contributed by atoms with van der Waals surface area (Å²) in [6, 6.07) is 0. The monoisotopic (exact) mass is 646 g/mol. The molecular weight excluding hydrogens is 594 g/mol. The SMILES string of the molecule is CCCC1(CCCCC(=O)O[C@@H]2[C@@H](C)[C@@]3(O)[C@@H](C=C(CO)C[C@]4(O)C(=O)C(C)=C[C@@H]34)[C@@H]3C(C)(C)[C@]23OC(C)=O)OCC(C)(C)N1[O-]. The van der Waals surface area contributed by atoms with E-state index in [4.69, 9.17) is 14.2 Å². The van der Waals surface area contributed by atoms with E-state index in [1.54, 1.807) is 26.0 Å². The Bertz CT molecular complexity index is 1340. The van der Waals surface area contributed by atoms with Crippen LogP contribution in [0.5, 0.6) is 0 Å². The van der Waals surface area contributed by atoms with Crippen molar-refractivity contribution in [3.63, 3.8) is 0 Å². The molecule has 1 unspecified atom stereocenters. The average molecular weight is 647 g/mol. The third-order valence-electron chi connectivity index (χ3n) is 12.0. The molecule has 0 aromatic rings. The molecule has 4 aliphatic carbocycles. The quantitative estimate of drug-likeness (QED) is 0.180. The zero-order chi connectivity index (χ0) is 34.3. The van der Waals surface area contributed by atoms with Crippen LogP contribution < -0.4 is 0 Å². The van der Waals surface area contributed by atoms with E-state index in [2.05, 4.69) is 0 Å². The predicted molar refractivity (Wildman–Crippen MR) is 168 cm³/mol. The lowest BCUT2D eigenvalue weighted by Gasteiger charge is -2.53. The van der Waals surface area contributed by atoms with Gasteiger partial charge in [-0.1, -0.05) is 46.3 Å². The van der Waals surface area contributed by atoms with Gasteiger partial charge in [-0.2, -0.15) is 0 Å². The molecule has 5 aliphatic rings. The van der Waals surface area contributed by atoms with Gasteiger partial charge in [-0.15, -0.1) is 0 Å². The number of esters is 2. The Balaban J connectivity index is 1.42. The van der Waals surface area contributed by atoms with Crippen molar-refractivity contribution in [3.8, 4) is 0 Å². The fourth-order valence-electron chi connectivity index (χ4n) is 9.78. The second-order valence-electron chi connectivity index (χ2n) is 15.7. The molecule has 0 radical (unpaired) electrons. The van der Waals surface area contributed by atoms with Crippen LogP contribution in [0, 0.1) is 34.3 Å². The molecule has 0 aromatic carbocycles. The van der Waals surface area contributed by atoms with Crippen molar-refractivity contribution >= 4 is 17.7 Å². The number of ether oxygens (including phenoxy) is 3. The van der Waals surface area contributed by atoms with Crippen molar-refractivity contribution in [2.75, 3.05) is 13.2 Å². The zero-order valence-corrected chi connectivity index (χ0v) is 28.6. The second kappa shape index (κ2) is 11.5. The van der Waals surface area contributed by atoms with E-state index in [1.807, 2.05) is 34.6 Å². The molecule has 1 saturated heterocycles. The van der Waals surface area contributed by atoms with Crippen LogP contribution in [0.1, 0.15) is 100 Å². The Kier molecular flexibility index (Phi) is 8.78. The van der Waals surface area contributed by atoms with Gasteiger partial charge in [-0.25, -0.2) is 0 Å². The van der Waals surface area contributed by atoms with Crippen LogP contribution in [-0.4, -0.2) is 85.5 Å². The number of hydrogen-bond donors (Lipinski definition) is 3. The average Bonchev–Trinajstić information content (AvgIpc) is 3.28. The van der Waals surface area contributed by atoms with E-state index >= 15 is 0 Å². The van der Waals surface area contributed by atoms with Crippen LogP contribution >= 0.6 is 0 Å². The smallest absolute Gasteiger partial charge is 0.306 e. The molecule has 258 valence electrons. The van der Waals surface area contributed by atoms with Gasteiger partial charge in [0.15, 0.2) is 11.4 Å². The molecule has 0 spiro atoms. The first-order valence-corrected chi connectivity index (χ1v) is 16.8. The van der Waals surface area contributed by atoms with Gasteiger partial charge < -0.3 is 39.8 Å². The lowest BCUT2D eigenvalue weighted by Crippen LogP contribution is -2.66. The molecule has 46 heavy (non-hydrogen) atoms. The molecule has 9 atom stereocenters. The van der Waals surface area contributed by atoms with Gasteiger partial charge in [-0.05, 0) is 57.6 Å². The summed E-state index contributed by atoms with van der Waals surface area (Å²) in [7, 11) is 0.